The summed E-state index contributed by atoms with van der Waals surface area (Å²) in [4.78, 5) is 11.6. The van der Waals surface area contributed by atoms with Crippen molar-refractivity contribution in [2.75, 3.05) is 0 Å². The Morgan fingerprint density at radius 2 is 2.15 bits per heavy atom. The minimum atomic E-state index is 0.0934. The third kappa shape index (κ3) is 1.11. The van der Waals surface area contributed by atoms with Gasteiger partial charge in [0.25, 0.3) is 0 Å². The second-order valence-electron chi connectivity index (χ2n) is 5.52. The molecule has 2 saturated carbocycles. The van der Waals surface area contributed by atoms with Gasteiger partial charge in [0.2, 0.25) is 0 Å². The smallest absolute Gasteiger partial charge is 0.309 e. The number of ether oxygens (including phenoxy) is 1. The molecule has 4 atom stereocenters. The van der Waals surface area contributed by atoms with E-state index in [1.54, 1.807) is 0 Å². The summed E-state index contributed by atoms with van der Waals surface area (Å²) >= 11 is 0. The fourth-order valence-corrected chi connectivity index (χ4v) is 3.82. The Hall–Kier alpha value is -0.530. The molecule has 2 nitrogen and oxygen atoms in total. The number of rotatable bonds is 0. The molecular weight excluding hydrogens is 164 g/mol. The molecule has 2 saturated heterocycles. The van der Waals surface area contributed by atoms with Gasteiger partial charge in [0, 0.05) is 0 Å². The number of fused-ring (bicyclic) bond motifs is 1. The molecule has 13 heavy (non-hydrogen) atoms. The van der Waals surface area contributed by atoms with Gasteiger partial charge in [-0.2, -0.15) is 0 Å². The number of hydrogen-bond acceptors (Lipinski definition) is 2. The fourth-order valence-electron chi connectivity index (χ4n) is 3.82. The van der Waals surface area contributed by atoms with Gasteiger partial charge in [-0.25, -0.2) is 0 Å². The Kier molecular flexibility index (Phi) is 1.38. The third-order valence-corrected chi connectivity index (χ3v) is 4.07. The predicted octanol–water partition coefficient (Wildman–Crippen LogP) is 2.13. The average Bonchev–Trinajstić information content (AvgIpc) is 2.12. The fraction of sp³-hybridized carbons (Fsp3) is 0.909. The molecule has 4 fully saturated rings. The molecule has 4 bridgehead atoms. The molecule has 0 aromatic rings. The first-order chi connectivity index (χ1) is 6.15. The first-order valence-electron chi connectivity index (χ1n) is 5.35. The van der Waals surface area contributed by atoms with Crippen LogP contribution in [-0.2, 0) is 9.53 Å². The SMILES string of the molecule is C[C@]12CC3CC(C1)OC(=O)C(C3)C2. The molecule has 72 valence electrons. The van der Waals surface area contributed by atoms with Crippen LogP contribution >= 0.6 is 0 Å². The van der Waals surface area contributed by atoms with Gasteiger partial charge in [-0.3, -0.25) is 4.79 Å². The summed E-state index contributed by atoms with van der Waals surface area (Å²) in [7, 11) is 0. The molecular formula is C11H16O2. The van der Waals surface area contributed by atoms with E-state index in [-0.39, 0.29) is 18.0 Å². The molecule has 0 N–H and O–H groups in total. The van der Waals surface area contributed by atoms with Crippen molar-refractivity contribution in [3.8, 4) is 0 Å². The molecule has 2 heteroatoms. The van der Waals surface area contributed by atoms with Crippen LogP contribution in [0.3, 0.4) is 0 Å². The van der Waals surface area contributed by atoms with Crippen molar-refractivity contribution in [2.45, 2.75) is 45.1 Å². The van der Waals surface area contributed by atoms with Crippen LogP contribution in [0.5, 0.6) is 0 Å². The predicted molar refractivity (Wildman–Crippen MR) is 48.1 cm³/mol. The largest absolute Gasteiger partial charge is 0.462 e. The molecule has 2 heterocycles. The molecule has 4 rings (SSSR count). The highest BCUT2D eigenvalue weighted by Gasteiger charge is 2.49. The van der Waals surface area contributed by atoms with Crippen molar-refractivity contribution in [2.24, 2.45) is 17.3 Å². The highest BCUT2D eigenvalue weighted by atomic mass is 16.5. The normalized spacial score (nSPS) is 53.3. The number of hydrogen-bond donors (Lipinski definition) is 0. The van der Waals surface area contributed by atoms with Crippen LogP contribution in [0, 0.1) is 17.3 Å². The second kappa shape index (κ2) is 2.28. The lowest BCUT2D eigenvalue weighted by Crippen LogP contribution is -2.37. The van der Waals surface area contributed by atoms with Crippen LogP contribution in [0.1, 0.15) is 39.0 Å². The van der Waals surface area contributed by atoms with E-state index < -0.39 is 0 Å². The van der Waals surface area contributed by atoms with Gasteiger partial charge >= 0.3 is 5.97 Å². The topological polar surface area (TPSA) is 26.3 Å². The van der Waals surface area contributed by atoms with E-state index in [4.69, 9.17) is 4.74 Å². The van der Waals surface area contributed by atoms with E-state index in [1.807, 2.05) is 0 Å². The standard InChI is InChI=1S/C11H16O2/c1-11-4-7-2-8(5-11)10(12)13-9(3-7)6-11/h7-9H,2-6H2,1H3/t7?,8?,9?,11-/m1/s1. The van der Waals surface area contributed by atoms with Crippen LogP contribution in [0.2, 0.25) is 0 Å². The molecule has 3 unspecified atom stereocenters. The van der Waals surface area contributed by atoms with Gasteiger partial charge in [-0.05, 0) is 43.4 Å². The Labute approximate surface area is 78.6 Å². The Balaban J connectivity index is 2.00. The molecule has 0 aromatic carbocycles. The van der Waals surface area contributed by atoms with E-state index in [0.29, 0.717) is 5.41 Å². The number of carbonyl (C=O) groups is 1. The van der Waals surface area contributed by atoms with E-state index in [9.17, 15) is 4.79 Å². The summed E-state index contributed by atoms with van der Waals surface area (Å²) in [6, 6.07) is 0. The molecule has 0 aromatic heterocycles. The van der Waals surface area contributed by atoms with Crippen LogP contribution in [0.4, 0.5) is 0 Å². The second-order valence-corrected chi connectivity index (χ2v) is 5.52. The van der Waals surface area contributed by atoms with Gasteiger partial charge in [0.1, 0.15) is 6.10 Å². The van der Waals surface area contributed by atoms with Gasteiger partial charge in [0.05, 0.1) is 5.92 Å². The molecule has 0 amide bonds. The molecule has 0 spiro atoms. The zero-order chi connectivity index (χ0) is 9.05. The Morgan fingerprint density at radius 3 is 2.92 bits per heavy atom. The van der Waals surface area contributed by atoms with Crippen LogP contribution in [0.25, 0.3) is 0 Å². The van der Waals surface area contributed by atoms with E-state index >= 15 is 0 Å². The zero-order valence-corrected chi connectivity index (χ0v) is 8.08. The summed E-state index contributed by atoms with van der Waals surface area (Å²) in [6.45, 7) is 2.33. The molecule has 4 aliphatic rings. The number of esters is 1. The lowest BCUT2D eigenvalue weighted by Gasteiger charge is -2.44. The maximum Gasteiger partial charge on any atom is 0.309 e. The van der Waals surface area contributed by atoms with Crippen molar-refractivity contribution < 1.29 is 9.53 Å². The Bertz CT molecular complexity index is 261. The van der Waals surface area contributed by atoms with Gasteiger partial charge < -0.3 is 4.74 Å². The summed E-state index contributed by atoms with van der Waals surface area (Å²) in [5.41, 5.74) is 0.419. The highest BCUT2D eigenvalue weighted by Crippen LogP contribution is 2.53. The van der Waals surface area contributed by atoms with Gasteiger partial charge in [-0.15, -0.1) is 0 Å². The van der Waals surface area contributed by atoms with Crippen molar-refractivity contribution in [1.29, 1.82) is 0 Å². The monoisotopic (exact) mass is 180 g/mol. The Morgan fingerprint density at radius 1 is 1.31 bits per heavy atom. The van der Waals surface area contributed by atoms with Crippen LogP contribution in [0.15, 0.2) is 0 Å². The zero-order valence-electron chi connectivity index (χ0n) is 8.08. The summed E-state index contributed by atoms with van der Waals surface area (Å²) in [5.74, 6) is 1.10. The minimum absolute atomic E-state index is 0.0934. The maximum absolute atomic E-state index is 11.6. The van der Waals surface area contributed by atoms with Gasteiger partial charge in [0.15, 0.2) is 0 Å². The van der Waals surface area contributed by atoms with Crippen molar-refractivity contribution in [3.63, 3.8) is 0 Å². The maximum atomic E-state index is 11.6. The first kappa shape index (κ1) is 7.84. The quantitative estimate of drug-likeness (QED) is 0.534. The molecule has 2 aliphatic carbocycles. The third-order valence-electron chi connectivity index (χ3n) is 4.07. The van der Waals surface area contributed by atoms with Crippen molar-refractivity contribution >= 4 is 5.97 Å². The summed E-state index contributed by atoms with van der Waals surface area (Å²) in [6.07, 6.45) is 6.02. The van der Waals surface area contributed by atoms with E-state index in [0.717, 1.165) is 31.6 Å². The van der Waals surface area contributed by atoms with Crippen molar-refractivity contribution in [1.82, 2.24) is 0 Å². The van der Waals surface area contributed by atoms with Crippen molar-refractivity contribution in [3.05, 3.63) is 0 Å². The van der Waals surface area contributed by atoms with Gasteiger partial charge in [-0.1, -0.05) is 6.92 Å². The first-order valence-corrected chi connectivity index (χ1v) is 5.35. The van der Waals surface area contributed by atoms with Crippen LogP contribution < -0.4 is 0 Å². The number of carbonyl (C=O) groups excluding carboxylic acids is 1. The van der Waals surface area contributed by atoms with Crippen LogP contribution in [-0.4, -0.2) is 12.1 Å². The van der Waals surface area contributed by atoms with E-state index in [1.165, 1.54) is 6.42 Å². The highest BCUT2D eigenvalue weighted by molar-refractivity contribution is 5.73. The lowest BCUT2D eigenvalue weighted by atomic mass is 9.60. The van der Waals surface area contributed by atoms with E-state index in [2.05, 4.69) is 6.92 Å². The molecule has 2 aliphatic heterocycles. The molecule has 0 radical (unpaired) electrons. The lowest BCUT2D eigenvalue weighted by molar-refractivity contribution is -0.151. The minimum Gasteiger partial charge on any atom is -0.462 e. The summed E-state index contributed by atoms with van der Waals surface area (Å²) < 4.78 is 5.46. The average molecular weight is 180 g/mol. The summed E-state index contributed by atoms with van der Waals surface area (Å²) in [5, 5.41) is 0.